The molecule has 0 spiro atoms. The van der Waals surface area contributed by atoms with Gasteiger partial charge in [0, 0.05) is 29.3 Å². The summed E-state index contributed by atoms with van der Waals surface area (Å²) in [4.78, 5) is 31.1. The van der Waals surface area contributed by atoms with Gasteiger partial charge in [-0.1, -0.05) is 6.92 Å². The molecule has 5 nitrogen and oxygen atoms in total. The van der Waals surface area contributed by atoms with Crippen LogP contribution >= 0.6 is 33.9 Å². The minimum absolute atomic E-state index is 0.00703. The number of nitrogens with zero attached hydrogens (tertiary/aromatic N) is 1. The highest BCUT2D eigenvalue weighted by Crippen LogP contribution is 2.62. The lowest BCUT2D eigenvalue weighted by Crippen LogP contribution is -2.44. The summed E-state index contributed by atoms with van der Waals surface area (Å²) in [6.45, 7) is 6.20. The summed E-state index contributed by atoms with van der Waals surface area (Å²) in [6, 6.07) is 2.19. The van der Waals surface area contributed by atoms with Crippen molar-refractivity contribution in [1.29, 1.82) is 0 Å². The third kappa shape index (κ3) is 3.93. The Hall–Kier alpha value is -1.48. The number of thiazole rings is 1. The average Bonchev–Trinajstić information content (AvgIpc) is 3.30. The molecule has 7 heteroatoms. The van der Waals surface area contributed by atoms with Crippen LogP contribution in [0.5, 0.6) is 5.75 Å². The fourth-order valence-electron chi connectivity index (χ4n) is 7.12. The van der Waals surface area contributed by atoms with Crippen LogP contribution in [0.3, 0.4) is 0 Å². The average molecular weight is 579 g/mol. The van der Waals surface area contributed by atoms with Crippen LogP contribution in [0.4, 0.5) is 5.13 Å². The van der Waals surface area contributed by atoms with E-state index in [1.807, 2.05) is 13.8 Å². The summed E-state index contributed by atoms with van der Waals surface area (Å²) in [5.41, 5.74) is 3.47. The molecular weight excluding hydrogens is 547 g/mol. The number of phenolic OH excluding ortho intramolecular Hbond substituents is 1. The van der Waals surface area contributed by atoms with Gasteiger partial charge in [0.25, 0.3) is 0 Å². The molecule has 2 N–H and O–H groups in total. The van der Waals surface area contributed by atoms with Gasteiger partial charge in [-0.15, -0.1) is 11.3 Å². The van der Waals surface area contributed by atoms with Crippen LogP contribution < -0.4 is 5.32 Å². The number of nitrogens with one attached hydrogen (secondary N) is 1. The molecule has 1 aromatic carbocycles. The van der Waals surface area contributed by atoms with Crippen molar-refractivity contribution in [3.05, 3.63) is 37.4 Å². The second-order valence-electron chi connectivity index (χ2n) is 10.4. The predicted octanol–water partition coefficient (Wildman–Crippen LogP) is 6.14. The van der Waals surface area contributed by atoms with Gasteiger partial charge in [-0.3, -0.25) is 9.59 Å². The van der Waals surface area contributed by atoms with Crippen LogP contribution in [0.25, 0.3) is 0 Å². The number of Topliss-reactive ketones (excluding diaryl/α,β-unsaturated/α-hetero) is 1. The topological polar surface area (TPSA) is 79.3 Å². The SMILES string of the molecule is Cc1cnc(NC(=O)CC[C@@H]2CC(=O)[C@@]3(C)CCC4c5cc(I)c(O)c(C)c5CCC4C23)s1. The van der Waals surface area contributed by atoms with Crippen LogP contribution in [0, 0.1) is 40.6 Å². The summed E-state index contributed by atoms with van der Waals surface area (Å²) in [6.07, 6.45) is 7.55. The molecule has 1 heterocycles. The lowest BCUT2D eigenvalue weighted by molar-refractivity contribution is -0.129. The Morgan fingerprint density at radius 3 is 2.88 bits per heavy atom. The Bertz CT molecular complexity index is 1130. The summed E-state index contributed by atoms with van der Waals surface area (Å²) >= 11 is 3.73. The van der Waals surface area contributed by atoms with Crippen LogP contribution in [0.1, 0.15) is 72.9 Å². The smallest absolute Gasteiger partial charge is 0.226 e. The van der Waals surface area contributed by atoms with Crippen LogP contribution in [0.15, 0.2) is 12.3 Å². The summed E-state index contributed by atoms with van der Waals surface area (Å²) in [5.74, 6) is 2.32. The highest BCUT2D eigenvalue weighted by molar-refractivity contribution is 14.1. The highest BCUT2D eigenvalue weighted by Gasteiger charge is 2.58. The molecule has 1 amide bonds. The monoisotopic (exact) mass is 578 g/mol. The maximum Gasteiger partial charge on any atom is 0.226 e. The number of ketones is 1. The predicted molar refractivity (Wildman–Crippen MR) is 139 cm³/mol. The minimum Gasteiger partial charge on any atom is -0.507 e. The number of fused-ring (bicyclic) bond motifs is 5. The number of aromatic hydroxyl groups is 1. The van der Waals surface area contributed by atoms with E-state index in [1.54, 1.807) is 6.20 Å². The number of hydrogen-bond acceptors (Lipinski definition) is 5. The van der Waals surface area contributed by atoms with E-state index in [2.05, 4.69) is 45.9 Å². The van der Waals surface area contributed by atoms with Crippen molar-refractivity contribution in [2.45, 2.75) is 71.6 Å². The number of carbonyl (C=O) groups is 2. The molecule has 5 rings (SSSR count). The van der Waals surface area contributed by atoms with Gasteiger partial charge < -0.3 is 10.4 Å². The normalized spacial score (nSPS) is 30.5. The Morgan fingerprint density at radius 2 is 2.15 bits per heavy atom. The molecule has 0 aliphatic heterocycles. The number of aromatic nitrogens is 1. The molecule has 5 atom stereocenters. The van der Waals surface area contributed by atoms with Gasteiger partial charge in [0.05, 0.1) is 3.57 Å². The summed E-state index contributed by atoms with van der Waals surface area (Å²) in [5, 5.41) is 14.0. The molecule has 0 bridgehead atoms. The molecule has 2 saturated carbocycles. The third-order valence-electron chi connectivity index (χ3n) is 8.68. The van der Waals surface area contributed by atoms with E-state index in [1.165, 1.54) is 22.5 Å². The van der Waals surface area contributed by atoms with Crippen LogP contribution in [-0.4, -0.2) is 21.8 Å². The zero-order valence-electron chi connectivity index (χ0n) is 19.4. The molecule has 1 aromatic heterocycles. The Morgan fingerprint density at radius 1 is 1.36 bits per heavy atom. The zero-order valence-corrected chi connectivity index (χ0v) is 22.4. The van der Waals surface area contributed by atoms with E-state index in [-0.39, 0.29) is 17.2 Å². The molecule has 0 saturated heterocycles. The Kier molecular flexibility index (Phi) is 6.08. The fourth-order valence-corrected chi connectivity index (χ4v) is 8.54. The second kappa shape index (κ2) is 8.63. The fraction of sp³-hybridized carbons (Fsp3) is 0.577. The largest absolute Gasteiger partial charge is 0.507 e. The van der Waals surface area contributed by atoms with Gasteiger partial charge in [-0.2, -0.15) is 0 Å². The Labute approximate surface area is 212 Å². The first kappa shape index (κ1) is 23.3. The van der Waals surface area contributed by atoms with Crippen molar-refractivity contribution >= 4 is 50.7 Å². The molecule has 33 heavy (non-hydrogen) atoms. The number of amides is 1. The number of carbonyl (C=O) groups excluding carboxylic acids is 2. The molecule has 0 radical (unpaired) electrons. The number of aryl methyl sites for hydroxylation is 1. The molecule has 176 valence electrons. The standard InChI is InChI=1S/C26H31IN2O3S/c1-13-12-28-25(33-13)29-22(31)7-4-15-10-21(30)26(3)9-8-17-18(23(15)26)6-5-16-14(2)24(32)20(27)11-19(16)17/h11-12,15,17-18,23,32H,4-10H2,1-3H3,(H,28,29,31)/t15-,17?,18?,23?,26-/m1/s1. The first-order chi connectivity index (χ1) is 15.7. The van der Waals surface area contributed by atoms with E-state index < -0.39 is 0 Å². The lowest BCUT2D eigenvalue weighted by atomic mass is 9.53. The van der Waals surface area contributed by atoms with Gasteiger partial charge in [0.15, 0.2) is 5.13 Å². The summed E-state index contributed by atoms with van der Waals surface area (Å²) < 4.78 is 0.922. The van der Waals surface area contributed by atoms with Crippen molar-refractivity contribution in [1.82, 2.24) is 4.98 Å². The van der Waals surface area contributed by atoms with Crippen molar-refractivity contribution in [3.63, 3.8) is 0 Å². The number of halogens is 1. The number of phenols is 1. The van der Waals surface area contributed by atoms with Gasteiger partial charge in [-0.05, 0) is 115 Å². The molecule has 3 aliphatic rings. The molecule has 3 aliphatic carbocycles. The maximum atomic E-state index is 13.2. The number of rotatable bonds is 4. The molecule has 3 unspecified atom stereocenters. The number of hydrogen-bond donors (Lipinski definition) is 2. The van der Waals surface area contributed by atoms with E-state index >= 15 is 0 Å². The van der Waals surface area contributed by atoms with E-state index in [0.29, 0.717) is 47.3 Å². The van der Waals surface area contributed by atoms with Gasteiger partial charge in [0.1, 0.15) is 11.5 Å². The second-order valence-corrected chi connectivity index (χ2v) is 12.8. The molecule has 2 fully saturated rings. The van der Waals surface area contributed by atoms with Crippen molar-refractivity contribution < 1.29 is 14.7 Å². The quantitative estimate of drug-likeness (QED) is 0.428. The summed E-state index contributed by atoms with van der Waals surface area (Å²) in [7, 11) is 0. The molecule has 2 aromatic rings. The van der Waals surface area contributed by atoms with Crippen molar-refractivity contribution in [3.8, 4) is 5.75 Å². The van der Waals surface area contributed by atoms with Crippen LogP contribution in [0.2, 0.25) is 0 Å². The number of anilines is 1. The lowest BCUT2D eigenvalue weighted by Gasteiger charge is -2.50. The van der Waals surface area contributed by atoms with Gasteiger partial charge >= 0.3 is 0 Å². The first-order valence-corrected chi connectivity index (χ1v) is 13.8. The Balaban J connectivity index is 1.37. The van der Waals surface area contributed by atoms with Crippen molar-refractivity contribution in [2.75, 3.05) is 5.32 Å². The maximum absolute atomic E-state index is 13.2. The van der Waals surface area contributed by atoms with Gasteiger partial charge in [-0.25, -0.2) is 4.98 Å². The van der Waals surface area contributed by atoms with Crippen LogP contribution in [-0.2, 0) is 16.0 Å². The molecular formula is C26H31IN2O3S. The zero-order chi connectivity index (χ0) is 23.5. The van der Waals surface area contributed by atoms with Crippen molar-refractivity contribution in [2.24, 2.45) is 23.2 Å². The first-order valence-electron chi connectivity index (χ1n) is 12.0. The highest BCUT2D eigenvalue weighted by atomic mass is 127. The van der Waals surface area contributed by atoms with Gasteiger partial charge in [0.2, 0.25) is 5.91 Å². The third-order valence-corrected chi connectivity index (χ3v) is 10.3. The van der Waals surface area contributed by atoms with E-state index in [9.17, 15) is 14.7 Å². The minimum atomic E-state index is -0.259. The van der Waals surface area contributed by atoms with E-state index in [4.69, 9.17) is 0 Å². The van der Waals surface area contributed by atoms with E-state index in [0.717, 1.165) is 46.1 Å². The number of benzene rings is 1.